The van der Waals surface area contributed by atoms with E-state index in [1.165, 1.54) is 6.39 Å². The summed E-state index contributed by atoms with van der Waals surface area (Å²) in [7, 11) is 0. The third kappa shape index (κ3) is 3.47. The predicted molar refractivity (Wildman–Crippen MR) is 95.4 cm³/mol. The van der Waals surface area contributed by atoms with Gasteiger partial charge in [0.15, 0.2) is 12.0 Å². The maximum absolute atomic E-state index is 12.3. The maximum atomic E-state index is 12.3. The van der Waals surface area contributed by atoms with Crippen LogP contribution >= 0.6 is 0 Å². The Kier molecular flexibility index (Phi) is 4.09. The van der Waals surface area contributed by atoms with Gasteiger partial charge in [-0.1, -0.05) is 6.07 Å². The number of carbonyl (C=O) groups is 1. The van der Waals surface area contributed by atoms with E-state index in [-0.39, 0.29) is 11.9 Å². The van der Waals surface area contributed by atoms with Gasteiger partial charge in [-0.25, -0.2) is 4.98 Å². The fraction of sp³-hybridized carbons (Fsp3) is 0.316. The Morgan fingerprint density at radius 2 is 2.24 bits per heavy atom. The molecule has 0 bridgehead atoms. The molecule has 1 fully saturated rings. The molecule has 0 saturated carbocycles. The smallest absolute Gasteiger partial charge is 0.224 e. The summed E-state index contributed by atoms with van der Waals surface area (Å²) in [5.41, 5.74) is 4.58. The number of aryl methyl sites for hydroxylation is 1. The molecule has 0 aliphatic carbocycles. The number of fused-ring (bicyclic) bond motifs is 1. The lowest BCUT2D eigenvalue weighted by Crippen LogP contribution is -2.38. The van der Waals surface area contributed by atoms with Gasteiger partial charge in [0.05, 0.1) is 18.3 Å². The van der Waals surface area contributed by atoms with Crippen LogP contribution in [-0.2, 0) is 11.2 Å². The summed E-state index contributed by atoms with van der Waals surface area (Å²) in [6.45, 7) is 3.73. The van der Waals surface area contributed by atoms with Crippen molar-refractivity contribution in [1.29, 1.82) is 0 Å². The number of amides is 1. The van der Waals surface area contributed by atoms with Crippen LogP contribution in [0.1, 0.15) is 17.7 Å². The molecular weight excluding hydrogens is 316 g/mol. The lowest BCUT2D eigenvalue weighted by atomic mass is 10.1. The van der Waals surface area contributed by atoms with Gasteiger partial charge in [-0.3, -0.25) is 9.78 Å². The lowest BCUT2D eigenvalue weighted by molar-refractivity contribution is -0.121. The number of hydrogen-bond donors (Lipinski definition) is 1. The molecule has 1 amide bonds. The second-order valence-electron chi connectivity index (χ2n) is 6.49. The molecule has 25 heavy (non-hydrogen) atoms. The highest BCUT2D eigenvalue weighted by Crippen LogP contribution is 2.20. The number of aromatic nitrogens is 2. The number of pyridine rings is 1. The first-order valence-corrected chi connectivity index (χ1v) is 8.46. The molecule has 1 aliphatic rings. The van der Waals surface area contributed by atoms with E-state index in [1.54, 1.807) is 0 Å². The van der Waals surface area contributed by atoms with Crippen LogP contribution in [0.3, 0.4) is 0 Å². The molecule has 0 unspecified atom stereocenters. The van der Waals surface area contributed by atoms with E-state index >= 15 is 0 Å². The van der Waals surface area contributed by atoms with E-state index in [1.807, 2.05) is 37.4 Å². The third-order valence-corrected chi connectivity index (χ3v) is 4.57. The Morgan fingerprint density at radius 1 is 1.32 bits per heavy atom. The largest absolute Gasteiger partial charge is 0.443 e. The van der Waals surface area contributed by atoms with Crippen LogP contribution in [0.15, 0.2) is 47.3 Å². The zero-order chi connectivity index (χ0) is 17.2. The number of anilines is 1. The van der Waals surface area contributed by atoms with Crippen molar-refractivity contribution < 1.29 is 9.21 Å². The molecule has 1 aliphatic heterocycles. The second-order valence-corrected chi connectivity index (χ2v) is 6.49. The second kappa shape index (κ2) is 6.55. The fourth-order valence-electron chi connectivity index (χ4n) is 3.24. The van der Waals surface area contributed by atoms with Gasteiger partial charge in [0.25, 0.3) is 0 Å². The summed E-state index contributed by atoms with van der Waals surface area (Å²) in [6, 6.07) is 9.93. The minimum absolute atomic E-state index is 0.0386. The summed E-state index contributed by atoms with van der Waals surface area (Å²) in [5, 5.41) is 3.14. The topological polar surface area (TPSA) is 71.3 Å². The molecule has 128 valence electrons. The van der Waals surface area contributed by atoms with Crippen LogP contribution in [0.5, 0.6) is 0 Å². The molecule has 6 heteroatoms. The number of hydrogen-bond acceptors (Lipinski definition) is 5. The van der Waals surface area contributed by atoms with E-state index in [9.17, 15) is 4.79 Å². The average molecular weight is 336 g/mol. The van der Waals surface area contributed by atoms with Crippen molar-refractivity contribution in [2.75, 3.05) is 18.0 Å². The number of nitrogens with zero attached hydrogens (tertiary/aromatic N) is 3. The van der Waals surface area contributed by atoms with E-state index in [2.05, 4.69) is 26.3 Å². The first-order chi connectivity index (χ1) is 12.2. The molecule has 3 heterocycles. The average Bonchev–Trinajstić information content (AvgIpc) is 3.24. The van der Waals surface area contributed by atoms with Gasteiger partial charge in [0, 0.05) is 24.8 Å². The van der Waals surface area contributed by atoms with Crippen molar-refractivity contribution in [3.8, 4) is 0 Å². The minimum Gasteiger partial charge on any atom is -0.443 e. The van der Waals surface area contributed by atoms with Gasteiger partial charge in [0.2, 0.25) is 5.91 Å². The first kappa shape index (κ1) is 15.6. The SMILES string of the molecule is Cc1ccc(N2CC[C@@H](NC(=O)Cc3ccc4ocnc4c3)C2)cn1. The standard InChI is InChI=1S/C19H20N4O2/c1-13-2-4-16(10-20-13)23-7-6-15(11-23)22-19(24)9-14-3-5-18-17(8-14)21-12-25-18/h2-5,8,10,12,15H,6-7,9,11H2,1H3,(H,22,24)/t15-/m1/s1. The monoisotopic (exact) mass is 336 g/mol. The van der Waals surface area contributed by atoms with Crippen LogP contribution in [0, 0.1) is 6.92 Å². The molecule has 0 spiro atoms. The Bertz CT molecular complexity index is 888. The zero-order valence-corrected chi connectivity index (χ0v) is 14.1. The molecular formula is C19H20N4O2. The van der Waals surface area contributed by atoms with Crippen molar-refractivity contribution in [2.24, 2.45) is 0 Å². The van der Waals surface area contributed by atoms with Crippen molar-refractivity contribution in [3.63, 3.8) is 0 Å². The number of carbonyl (C=O) groups excluding carboxylic acids is 1. The van der Waals surface area contributed by atoms with Crippen molar-refractivity contribution >= 4 is 22.7 Å². The van der Waals surface area contributed by atoms with E-state index in [0.717, 1.165) is 47.6 Å². The van der Waals surface area contributed by atoms with Crippen LogP contribution in [0.25, 0.3) is 11.1 Å². The maximum Gasteiger partial charge on any atom is 0.224 e. The quantitative estimate of drug-likeness (QED) is 0.792. The van der Waals surface area contributed by atoms with Gasteiger partial charge in [-0.2, -0.15) is 0 Å². The van der Waals surface area contributed by atoms with Gasteiger partial charge >= 0.3 is 0 Å². The van der Waals surface area contributed by atoms with E-state index in [4.69, 9.17) is 4.42 Å². The Balaban J connectivity index is 1.34. The fourth-order valence-corrected chi connectivity index (χ4v) is 3.24. The highest BCUT2D eigenvalue weighted by molar-refractivity contribution is 5.81. The highest BCUT2D eigenvalue weighted by Gasteiger charge is 2.24. The molecule has 3 aromatic rings. The van der Waals surface area contributed by atoms with Gasteiger partial charge in [0.1, 0.15) is 5.52 Å². The molecule has 4 rings (SSSR count). The van der Waals surface area contributed by atoms with Gasteiger partial charge < -0.3 is 14.6 Å². The number of benzene rings is 1. The number of nitrogens with one attached hydrogen (secondary N) is 1. The molecule has 1 saturated heterocycles. The van der Waals surface area contributed by atoms with Crippen LogP contribution in [0.4, 0.5) is 5.69 Å². The van der Waals surface area contributed by atoms with Crippen LogP contribution < -0.4 is 10.2 Å². The van der Waals surface area contributed by atoms with Crippen molar-refractivity contribution in [3.05, 3.63) is 54.2 Å². The van der Waals surface area contributed by atoms with Crippen molar-refractivity contribution in [1.82, 2.24) is 15.3 Å². The summed E-state index contributed by atoms with van der Waals surface area (Å²) in [5.74, 6) is 0.0386. The predicted octanol–water partition coefficient (Wildman–Crippen LogP) is 2.47. The Morgan fingerprint density at radius 3 is 3.08 bits per heavy atom. The van der Waals surface area contributed by atoms with Crippen LogP contribution in [-0.4, -0.2) is 35.0 Å². The summed E-state index contributed by atoms with van der Waals surface area (Å²) in [6.07, 6.45) is 4.61. The molecule has 1 N–H and O–H groups in total. The zero-order valence-electron chi connectivity index (χ0n) is 14.1. The van der Waals surface area contributed by atoms with Gasteiger partial charge in [-0.15, -0.1) is 0 Å². The third-order valence-electron chi connectivity index (χ3n) is 4.57. The Hall–Kier alpha value is -2.89. The minimum atomic E-state index is 0.0386. The van der Waals surface area contributed by atoms with E-state index < -0.39 is 0 Å². The molecule has 0 radical (unpaired) electrons. The molecule has 6 nitrogen and oxygen atoms in total. The highest BCUT2D eigenvalue weighted by atomic mass is 16.3. The summed E-state index contributed by atoms with van der Waals surface area (Å²) >= 11 is 0. The van der Waals surface area contributed by atoms with Crippen molar-refractivity contribution in [2.45, 2.75) is 25.8 Å². The lowest BCUT2D eigenvalue weighted by Gasteiger charge is -2.18. The van der Waals surface area contributed by atoms with Gasteiger partial charge in [-0.05, 0) is 43.2 Å². The number of oxazole rings is 1. The molecule has 1 aromatic carbocycles. The van der Waals surface area contributed by atoms with E-state index in [0.29, 0.717) is 6.42 Å². The molecule has 2 aromatic heterocycles. The summed E-state index contributed by atoms with van der Waals surface area (Å²) < 4.78 is 5.22. The summed E-state index contributed by atoms with van der Waals surface area (Å²) in [4.78, 5) is 23.1. The number of rotatable bonds is 4. The molecule has 1 atom stereocenters. The Labute approximate surface area is 145 Å². The first-order valence-electron chi connectivity index (χ1n) is 8.46. The normalized spacial score (nSPS) is 17.2. The van der Waals surface area contributed by atoms with Crippen LogP contribution in [0.2, 0.25) is 0 Å².